The molecule has 84 valence electrons. The zero-order valence-corrected chi connectivity index (χ0v) is 9.97. The molecule has 1 aromatic rings. The summed E-state index contributed by atoms with van der Waals surface area (Å²) in [4.78, 5) is 0. The van der Waals surface area contributed by atoms with Crippen molar-refractivity contribution in [3.63, 3.8) is 0 Å². The summed E-state index contributed by atoms with van der Waals surface area (Å²) < 4.78 is 5.41. The van der Waals surface area contributed by atoms with E-state index in [1.54, 1.807) is 0 Å². The van der Waals surface area contributed by atoms with Crippen LogP contribution in [-0.2, 0) is 4.74 Å². The van der Waals surface area contributed by atoms with Gasteiger partial charge in [0.15, 0.2) is 0 Å². The van der Waals surface area contributed by atoms with Gasteiger partial charge in [-0.3, -0.25) is 0 Å². The van der Waals surface area contributed by atoms with Crippen LogP contribution in [0.15, 0.2) is 18.2 Å². The molecule has 0 unspecified atom stereocenters. The third-order valence-corrected chi connectivity index (χ3v) is 2.29. The highest BCUT2D eigenvalue weighted by Crippen LogP contribution is 2.15. The van der Waals surface area contributed by atoms with Crippen LogP contribution in [-0.4, -0.2) is 19.8 Å². The van der Waals surface area contributed by atoms with Crippen molar-refractivity contribution in [2.75, 3.05) is 25.1 Å². The van der Waals surface area contributed by atoms with E-state index in [1.807, 2.05) is 0 Å². The van der Waals surface area contributed by atoms with E-state index in [4.69, 9.17) is 4.74 Å². The van der Waals surface area contributed by atoms with Gasteiger partial charge in [0.05, 0.1) is 6.61 Å². The average molecular weight is 207 g/mol. The van der Waals surface area contributed by atoms with Crippen LogP contribution in [0.1, 0.15) is 24.5 Å². The van der Waals surface area contributed by atoms with Gasteiger partial charge in [-0.15, -0.1) is 0 Å². The molecule has 0 aromatic heterocycles. The fraction of sp³-hybridized carbons (Fsp3) is 0.538. The summed E-state index contributed by atoms with van der Waals surface area (Å²) in [5, 5.41) is 3.37. The Labute approximate surface area is 92.6 Å². The fourth-order valence-electron chi connectivity index (χ4n) is 1.52. The van der Waals surface area contributed by atoms with E-state index in [-0.39, 0.29) is 0 Å². The second-order valence-electron chi connectivity index (χ2n) is 3.86. The summed E-state index contributed by atoms with van der Waals surface area (Å²) in [5.41, 5.74) is 3.81. The Morgan fingerprint density at radius 1 is 1.20 bits per heavy atom. The maximum Gasteiger partial charge on any atom is 0.0639 e. The van der Waals surface area contributed by atoms with E-state index in [0.717, 1.165) is 26.2 Å². The third kappa shape index (κ3) is 4.34. The minimum atomic E-state index is 0.779. The Balaban J connectivity index is 2.31. The van der Waals surface area contributed by atoms with E-state index < -0.39 is 0 Å². The molecule has 0 aliphatic rings. The highest BCUT2D eigenvalue weighted by atomic mass is 16.5. The molecule has 0 aliphatic heterocycles. The molecule has 0 spiro atoms. The molecule has 1 N–H and O–H groups in total. The summed E-state index contributed by atoms with van der Waals surface area (Å²) in [6.45, 7) is 8.88. The third-order valence-electron chi connectivity index (χ3n) is 2.29. The molecule has 0 bridgehead atoms. The van der Waals surface area contributed by atoms with E-state index >= 15 is 0 Å². The van der Waals surface area contributed by atoms with E-state index in [2.05, 4.69) is 44.3 Å². The predicted octanol–water partition coefficient (Wildman–Crippen LogP) is 3.14. The van der Waals surface area contributed by atoms with Gasteiger partial charge >= 0.3 is 0 Å². The normalized spacial score (nSPS) is 10.3. The van der Waals surface area contributed by atoms with Crippen molar-refractivity contribution in [1.29, 1.82) is 0 Å². The molecule has 0 radical (unpaired) electrons. The number of hydrogen-bond donors (Lipinski definition) is 1. The molecule has 2 heteroatoms. The molecule has 0 saturated heterocycles. The van der Waals surface area contributed by atoms with Crippen molar-refractivity contribution in [2.45, 2.75) is 27.2 Å². The summed E-state index contributed by atoms with van der Waals surface area (Å²) in [6, 6.07) is 6.45. The van der Waals surface area contributed by atoms with Gasteiger partial charge in [-0.05, 0) is 31.9 Å². The predicted molar refractivity (Wildman–Crippen MR) is 65.5 cm³/mol. The molecule has 2 nitrogen and oxygen atoms in total. The number of anilines is 1. The highest BCUT2D eigenvalue weighted by Gasteiger charge is 1.96. The minimum Gasteiger partial charge on any atom is -0.383 e. The smallest absolute Gasteiger partial charge is 0.0639 e. The molecule has 0 atom stereocenters. The van der Waals surface area contributed by atoms with Gasteiger partial charge in [-0.1, -0.05) is 24.6 Å². The molecule has 15 heavy (non-hydrogen) atoms. The molecule has 1 rings (SSSR count). The van der Waals surface area contributed by atoms with Gasteiger partial charge in [0.2, 0.25) is 0 Å². The Bertz CT molecular complexity index is 297. The number of aryl methyl sites for hydroxylation is 2. The SMILES string of the molecule is CCCOCCNc1ccc(C)cc1C. The molecule has 0 saturated carbocycles. The molecule has 0 fully saturated rings. The lowest BCUT2D eigenvalue weighted by molar-refractivity contribution is 0.144. The zero-order chi connectivity index (χ0) is 11.1. The van der Waals surface area contributed by atoms with Gasteiger partial charge in [-0.2, -0.15) is 0 Å². The van der Waals surface area contributed by atoms with Crippen molar-refractivity contribution >= 4 is 5.69 Å². The van der Waals surface area contributed by atoms with Crippen LogP contribution in [0.5, 0.6) is 0 Å². The van der Waals surface area contributed by atoms with Crippen molar-refractivity contribution in [3.05, 3.63) is 29.3 Å². The Morgan fingerprint density at radius 2 is 2.00 bits per heavy atom. The number of ether oxygens (including phenoxy) is 1. The number of rotatable bonds is 6. The maximum atomic E-state index is 5.41. The van der Waals surface area contributed by atoms with Crippen LogP contribution in [0.4, 0.5) is 5.69 Å². The first-order valence-corrected chi connectivity index (χ1v) is 5.63. The lowest BCUT2D eigenvalue weighted by atomic mass is 10.1. The van der Waals surface area contributed by atoms with Crippen molar-refractivity contribution in [1.82, 2.24) is 0 Å². The van der Waals surface area contributed by atoms with Gasteiger partial charge < -0.3 is 10.1 Å². The van der Waals surface area contributed by atoms with Crippen LogP contribution in [0, 0.1) is 13.8 Å². The van der Waals surface area contributed by atoms with Crippen molar-refractivity contribution in [3.8, 4) is 0 Å². The van der Waals surface area contributed by atoms with Gasteiger partial charge in [0, 0.05) is 18.8 Å². The summed E-state index contributed by atoms with van der Waals surface area (Å²) in [6.07, 6.45) is 1.09. The van der Waals surface area contributed by atoms with Crippen LogP contribution < -0.4 is 5.32 Å². The second-order valence-corrected chi connectivity index (χ2v) is 3.86. The largest absolute Gasteiger partial charge is 0.383 e. The molecule has 0 heterocycles. The molecular weight excluding hydrogens is 186 g/mol. The maximum absolute atomic E-state index is 5.41. The molecule has 0 aliphatic carbocycles. The fourth-order valence-corrected chi connectivity index (χ4v) is 1.52. The Kier molecular flexibility index (Phi) is 5.19. The van der Waals surface area contributed by atoms with Gasteiger partial charge in [-0.25, -0.2) is 0 Å². The van der Waals surface area contributed by atoms with Crippen LogP contribution in [0.3, 0.4) is 0 Å². The Hall–Kier alpha value is -1.02. The summed E-state index contributed by atoms with van der Waals surface area (Å²) >= 11 is 0. The lowest BCUT2D eigenvalue weighted by Gasteiger charge is -2.10. The standard InChI is InChI=1S/C13H21NO/c1-4-8-15-9-7-14-13-6-5-11(2)10-12(13)3/h5-6,10,14H,4,7-9H2,1-3H3. The quantitative estimate of drug-likeness (QED) is 0.724. The van der Waals surface area contributed by atoms with E-state index in [9.17, 15) is 0 Å². The monoisotopic (exact) mass is 207 g/mol. The van der Waals surface area contributed by atoms with Crippen molar-refractivity contribution < 1.29 is 4.74 Å². The molecule has 0 amide bonds. The highest BCUT2D eigenvalue weighted by molar-refractivity contribution is 5.51. The van der Waals surface area contributed by atoms with Crippen LogP contribution in [0.2, 0.25) is 0 Å². The lowest BCUT2D eigenvalue weighted by Crippen LogP contribution is -2.10. The summed E-state index contributed by atoms with van der Waals surface area (Å²) in [7, 11) is 0. The molecule has 1 aromatic carbocycles. The van der Waals surface area contributed by atoms with Crippen LogP contribution >= 0.6 is 0 Å². The first kappa shape index (κ1) is 12.1. The number of hydrogen-bond acceptors (Lipinski definition) is 2. The first-order chi connectivity index (χ1) is 7.24. The van der Waals surface area contributed by atoms with E-state index in [0.29, 0.717) is 0 Å². The van der Waals surface area contributed by atoms with Gasteiger partial charge in [0.1, 0.15) is 0 Å². The average Bonchev–Trinajstić information content (AvgIpc) is 2.20. The molecular formula is C13H21NO. The Morgan fingerprint density at radius 3 is 2.67 bits per heavy atom. The minimum absolute atomic E-state index is 0.779. The van der Waals surface area contributed by atoms with Crippen LogP contribution in [0.25, 0.3) is 0 Å². The van der Waals surface area contributed by atoms with Gasteiger partial charge in [0.25, 0.3) is 0 Å². The van der Waals surface area contributed by atoms with E-state index in [1.165, 1.54) is 16.8 Å². The summed E-state index contributed by atoms with van der Waals surface area (Å²) in [5.74, 6) is 0. The van der Waals surface area contributed by atoms with Crippen molar-refractivity contribution in [2.24, 2.45) is 0 Å². The topological polar surface area (TPSA) is 21.3 Å². The number of benzene rings is 1. The first-order valence-electron chi connectivity index (χ1n) is 5.63. The second kappa shape index (κ2) is 6.46. The zero-order valence-electron chi connectivity index (χ0n) is 9.97. The number of nitrogens with one attached hydrogen (secondary N) is 1.